The van der Waals surface area contributed by atoms with Crippen LogP contribution in [0.1, 0.15) is 18.9 Å². The van der Waals surface area contributed by atoms with Crippen molar-refractivity contribution in [2.75, 3.05) is 6.67 Å². The van der Waals surface area contributed by atoms with Crippen LogP contribution in [0.5, 0.6) is 0 Å². The molecule has 3 N–H and O–H groups in total. The van der Waals surface area contributed by atoms with E-state index in [2.05, 4.69) is 10.3 Å². The number of allylic oxidation sites excluding steroid dienone is 4. The summed E-state index contributed by atoms with van der Waals surface area (Å²) in [6, 6.07) is 13.4. The smallest absolute Gasteiger partial charge is 0.155 e. The molecule has 0 atom stereocenters. The summed E-state index contributed by atoms with van der Waals surface area (Å²) in [5, 5.41) is 8.48. The van der Waals surface area contributed by atoms with Gasteiger partial charge in [0.2, 0.25) is 0 Å². The average molecular weight is 381 g/mol. The minimum atomic E-state index is -0.642. The molecule has 2 aromatic carbocycles. The number of alkyl halides is 1. The van der Waals surface area contributed by atoms with Crippen LogP contribution in [-0.2, 0) is 6.54 Å². The van der Waals surface area contributed by atoms with Gasteiger partial charge in [0.05, 0.1) is 6.54 Å². The molecule has 0 bridgehead atoms. The third-order valence-electron chi connectivity index (χ3n) is 4.62. The number of rotatable bonds is 7. The standard InChI is InChI=1S/C21H21F2N5/c1-2-18(23)15(6-5-11-22)13-28-19-8-4-3-7-16(19)17-12-14(9-10-20(17)28)21(24)26-27-25/h3-10,12H,2,11,13H2,1H3,(H3,24,25,26)/b6-5-,18-15-. The third kappa shape index (κ3) is 3.69. The minimum absolute atomic E-state index is 0.150. The molecule has 3 aromatic rings. The van der Waals surface area contributed by atoms with Gasteiger partial charge in [-0.1, -0.05) is 42.5 Å². The van der Waals surface area contributed by atoms with Crippen LogP contribution in [0, 0.1) is 5.53 Å². The maximum atomic E-state index is 14.4. The van der Waals surface area contributed by atoms with Crippen molar-refractivity contribution in [3.8, 4) is 0 Å². The first kappa shape index (κ1) is 19.4. The molecule has 7 heteroatoms. The molecule has 0 fully saturated rings. The summed E-state index contributed by atoms with van der Waals surface area (Å²) < 4.78 is 29.0. The van der Waals surface area contributed by atoms with Crippen molar-refractivity contribution < 1.29 is 8.78 Å². The molecule has 144 valence electrons. The van der Waals surface area contributed by atoms with Crippen molar-refractivity contribution in [1.29, 1.82) is 5.53 Å². The van der Waals surface area contributed by atoms with Gasteiger partial charge in [0.15, 0.2) is 5.84 Å². The first-order valence-corrected chi connectivity index (χ1v) is 8.92. The van der Waals surface area contributed by atoms with Crippen LogP contribution in [-0.4, -0.2) is 17.1 Å². The molecule has 0 aliphatic heterocycles. The Morgan fingerprint density at radius 3 is 2.64 bits per heavy atom. The monoisotopic (exact) mass is 381 g/mol. The van der Waals surface area contributed by atoms with Crippen LogP contribution in [0.25, 0.3) is 21.8 Å². The van der Waals surface area contributed by atoms with Gasteiger partial charge in [-0.15, -0.1) is 5.10 Å². The summed E-state index contributed by atoms with van der Waals surface area (Å²) in [4.78, 5) is 0. The van der Waals surface area contributed by atoms with Gasteiger partial charge < -0.3 is 10.3 Å². The average Bonchev–Trinajstić information content (AvgIpc) is 3.03. The Morgan fingerprint density at radius 2 is 1.93 bits per heavy atom. The van der Waals surface area contributed by atoms with Crippen LogP contribution < -0.4 is 5.73 Å². The quantitative estimate of drug-likeness (QED) is 0.180. The first-order chi connectivity index (χ1) is 13.6. The van der Waals surface area contributed by atoms with Crippen molar-refractivity contribution in [2.24, 2.45) is 16.1 Å². The molecular formula is C21H21F2N5. The molecule has 0 aliphatic rings. The Labute approximate surface area is 161 Å². The van der Waals surface area contributed by atoms with E-state index >= 15 is 0 Å². The lowest BCUT2D eigenvalue weighted by Gasteiger charge is -2.10. The maximum absolute atomic E-state index is 14.4. The number of benzene rings is 2. The molecule has 0 unspecified atom stereocenters. The summed E-state index contributed by atoms with van der Waals surface area (Å²) >= 11 is 0. The molecule has 0 spiro atoms. The van der Waals surface area contributed by atoms with Crippen molar-refractivity contribution in [3.05, 3.63) is 71.6 Å². The Bertz CT molecular complexity index is 1110. The fraction of sp³-hybridized carbons (Fsp3) is 0.190. The van der Waals surface area contributed by atoms with Gasteiger partial charge in [-0.05, 0) is 30.7 Å². The Balaban J connectivity index is 2.23. The van der Waals surface area contributed by atoms with Gasteiger partial charge in [0, 0.05) is 32.9 Å². The lowest BCUT2D eigenvalue weighted by molar-refractivity contribution is 0.559. The van der Waals surface area contributed by atoms with E-state index in [1.54, 1.807) is 13.0 Å². The number of aromatic nitrogens is 1. The number of hydrogen-bond acceptors (Lipinski definition) is 2. The zero-order valence-corrected chi connectivity index (χ0v) is 15.5. The molecular weight excluding hydrogens is 360 g/mol. The summed E-state index contributed by atoms with van der Waals surface area (Å²) in [5.74, 6) is -0.113. The Kier molecular flexibility index (Phi) is 5.93. The van der Waals surface area contributed by atoms with Crippen LogP contribution in [0.4, 0.5) is 8.78 Å². The number of hydrogen-bond donors (Lipinski definition) is 2. The van der Waals surface area contributed by atoms with Gasteiger partial charge in [0.25, 0.3) is 0 Å². The van der Waals surface area contributed by atoms with E-state index in [4.69, 9.17) is 11.3 Å². The van der Waals surface area contributed by atoms with Gasteiger partial charge >= 0.3 is 0 Å². The number of fused-ring (bicyclic) bond motifs is 3. The van der Waals surface area contributed by atoms with E-state index in [1.165, 1.54) is 12.2 Å². The van der Waals surface area contributed by atoms with E-state index < -0.39 is 6.67 Å². The fourth-order valence-electron chi connectivity index (χ4n) is 3.31. The highest BCUT2D eigenvalue weighted by molar-refractivity contribution is 6.11. The summed E-state index contributed by atoms with van der Waals surface area (Å²) in [6.07, 6.45) is 3.07. The molecule has 1 heterocycles. The summed E-state index contributed by atoms with van der Waals surface area (Å²) in [6.45, 7) is 1.37. The molecule has 3 rings (SSSR count). The van der Waals surface area contributed by atoms with Crippen LogP contribution in [0.2, 0.25) is 0 Å². The number of nitrogens with zero attached hydrogens (tertiary/aromatic N) is 3. The molecule has 1 aromatic heterocycles. The van der Waals surface area contributed by atoms with E-state index in [9.17, 15) is 8.78 Å². The zero-order valence-electron chi connectivity index (χ0n) is 15.5. The second-order valence-corrected chi connectivity index (χ2v) is 6.26. The van der Waals surface area contributed by atoms with E-state index in [-0.39, 0.29) is 24.6 Å². The number of para-hydroxylation sites is 1. The number of halogens is 2. The second-order valence-electron chi connectivity index (χ2n) is 6.26. The van der Waals surface area contributed by atoms with Crippen LogP contribution in [0.3, 0.4) is 0 Å². The molecule has 0 amide bonds. The Hall–Kier alpha value is -3.35. The molecule has 0 radical (unpaired) electrons. The van der Waals surface area contributed by atoms with Crippen LogP contribution in [0.15, 0.2) is 76.3 Å². The highest BCUT2D eigenvalue weighted by Gasteiger charge is 2.14. The number of nitrogens with one attached hydrogen (secondary N) is 1. The number of nitrogens with two attached hydrogens (primary N) is 1. The SMILES string of the molecule is CC/C(F)=C(\C=C/CF)Cn1c2ccccc2c2cc(C(N)=NN=N)ccc21. The molecule has 0 aliphatic carbocycles. The lowest BCUT2D eigenvalue weighted by atomic mass is 10.1. The van der Waals surface area contributed by atoms with Crippen LogP contribution >= 0.6 is 0 Å². The fourth-order valence-corrected chi connectivity index (χ4v) is 3.31. The van der Waals surface area contributed by atoms with Gasteiger partial charge in [-0.3, -0.25) is 0 Å². The zero-order chi connectivity index (χ0) is 20.1. The molecule has 5 nitrogen and oxygen atoms in total. The predicted molar refractivity (Wildman–Crippen MR) is 109 cm³/mol. The predicted octanol–water partition coefficient (Wildman–Crippen LogP) is 5.61. The number of amidine groups is 1. The largest absolute Gasteiger partial charge is 0.382 e. The van der Waals surface area contributed by atoms with Crippen molar-refractivity contribution in [3.63, 3.8) is 0 Å². The summed E-state index contributed by atoms with van der Waals surface area (Å²) in [5.41, 5.74) is 15.7. The molecule has 0 saturated heterocycles. The van der Waals surface area contributed by atoms with Crippen molar-refractivity contribution in [2.45, 2.75) is 19.9 Å². The van der Waals surface area contributed by atoms with Crippen molar-refractivity contribution >= 4 is 27.6 Å². The van der Waals surface area contributed by atoms with Gasteiger partial charge in [0.1, 0.15) is 12.5 Å². The normalized spacial score (nSPS) is 13.5. The maximum Gasteiger partial charge on any atom is 0.155 e. The van der Waals surface area contributed by atoms with E-state index in [0.29, 0.717) is 11.1 Å². The first-order valence-electron chi connectivity index (χ1n) is 8.92. The van der Waals surface area contributed by atoms with Gasteiger partial charge in [-0.25, -0.2) is 8.78 Å². The van der Waals surface area contributed by atoms with Crippen molar-refractivity contribution in [1.82, 2.24) is 4.57 Å². The summed E-state index contributed by atoms with van der Waals surface area (Å²) in [7, 11) is 0. The highest BCUT2D eigenvalue weighted by Crippen LogP contribution is 2.31. The van der Waals surface area contributed by atoms with Gasteiger partial charge in [-0.2, -0.15) is 5.53 Å². The second kappa shape index (κ2) is 8.56. The highest BCUT2D eigenvalue weighted by atomic mass is 19.1. The van der Waals surface area contributed by atoms with E-state index in [0.717, 1.165) is 21.8 Å². The molecule has 28 heavy (non-hydrogen) atoms. The third-order valence-corrected chi connectivity index (χ3v) is 4.62. The topological polar surface area (TPSA) is 79.5 Å². The van der Waals surface area contributed by atoms with E-state index in [1.807, 2.05) is 41.0 Å². The minimum Gasteiger partial charge on any atom is -0.382 e. The lowest BCUT2D eigenvalue weighted by Crippen LogP contribution is -2.12. The Morgan fingerprint density at radius 1 is 1.18 bits per heavy atom. The molecule has 0 saturated carbocycles.